The van der Waals surface area contributed by atoms with E-state index < -0.39 is 0 Å². The third kappa shape index (κ3) is 3.21. The average Bonchev–Trinajstić information content (AvgIpc) is 2.80. The molecule has 0 spiro atoms. The normalized spacial score (nSPS) is 12.7. The SMILES string of the molecule is CC(CCn1c(=S)[nH]c2cc(I)ccc21)c1ccccc1. The first-order valence-electron chi connectivity index (χ1n) is 7.08. The lowest BCUT2D eigenvalue weighted by molar-refractivity contribution is 0.581. The summed E-state index contributed by atoms with van der Waals surface area (Å²) < 4.78 is 4.24. The second-order valence-corrected chi connectivity index (χ2v) is 6.98. The summed E-state index contributed by atoms with van der Waals surface area (Å²) in [6.45, 7) is 3.21. The minimum absolute atomic E-state index is 0.530. The topological polar surface area (TPSA) is 20.7 Å². The molecule has 0 bridgehead atoms. The molecule has 3 aromatic rings. The number of hydrogen-bond donors (Lipinski definition) is 1. The van der Waals surface area contributed by atoms with Crippen LogP contribution in [0.2, 0.25) is 0 Å². The van der Waals surface area contributed by atoms with Gasteiger partial charge < -0.3 is 9.55 Å². The van der Waals surface area contributed by atoms with E-state index in [-0.39, 0.29) is 0 Å². The monoisotopic (exact) mass is 408 g/mol. The minimum Gasteiger partial charge on any atom is -0.331 e. The number of rotatable bonds is 4. The molecule has 4 heteroatoms. The van der Waals surface area contributed by atoms with Crippen LogP contribution < -0.4 is 0 Å². The van der Waals surface area contributed by atoms with E-state index in [0.29, 0.717) is 5.92 Å². The van der Waals surface area contributed by atoms with Gasteiger partial charge >= 0.3 is 0 Å². The molecule has 21 heavy (non-hydrogen) atoms. The third-order valence-electron chi connectivity index (χ3n) is 3.89. The van der Waals surface area contributed by atoms with E-state index in [4.69, 9.17) is 12.2 Å². The number of benzene rings is 2. The Labute approximate surface area is 143 Å². The second kappa shape index (κ2) is 6.32. The molecule has 0 aliphatic carbocycles. The van der Waals surface area contributed by atoms with Crippen LogP contribution in [0.3, 0.4) is 0 Å². The number of halogens is 1. The highest BCUT2D eigenvalue weighted by molar-refractivity contribution is 14.1. The number of aryl methyl sites for hydroxylation is 1. The van der Waals surface area contributed by atoms with Crippen molar-refractivity contribution in [2.75, 3.05) is 0 Å². The van der Waals surface area contributed by atoms with Gasteiger partial charge in [0.2, 0.25) is 0 Å². The van der Waals surface area contributed by atoms with E-state index in [1.54, 1.807) is 0 Å². The molecule has 3 rings (SSSR count). The van der Waals surface area contributed by atoms with Crippen LogP contribution in [0.4, 0.5) is 0 Å². The van der Waals surface area contributed by atoms with Gasteiger partial charge in [-0.25, -0.2) is 0 Å². The zero-order valence-electron chi connectivity index (χ0n) is 11.8. The lowest BCUT2D eigenvalue weighted by Crippen LogP contribution is -2.03. The molecular formula is C17H17IN2S. The van der Waals surface area contributed by atoms with E-state index in [2.05, 4.69) is 87.6 Å². The number of aromatic amines is 1. The maximum Gasteiger partial charge on any atom is 0.178 e. The number of nitrogens with one attached hydrogen (secondary N) is 1. The molecule has 2 nitrogen and oxygen atoms in total. The summed E-state index contributed by atoms with van der Waals surface area (Å²) in [4.78, 5) is 3.30. The summed E-state index contributed by atoms with van der Waals surface area (Å²) in [5, 5.41) is 0. The fourth-order valence-corrected chi connectivity index (χ4v) is 3.42. The Morgan fingerprint density at radius 2 is 1.95 bits per heavy atom. The third-order valence-corrected chi connectivity index (χ3v) is 4.88. The molecule has 0 saturated heterocycles. The summed E-state index contributed by atoms with van der Waals surface area (Å²) in [7, 11) is 0. The quantitative estimate of drug-likeness (QED) is 0.447. The highest BCUT2D eigenvalue weighted by atomic mass is 127. The van der Waals surface area contributed by atoms with Gasteiger partial charge in [-0.2, -0.15) is 0 Å². The minimum atomic E-state index is 0.530. The van der Waals surface area contributed by atoms with Gasteiger partial charge in [0.05, 0.1) is 11.0 Å². The number of hydrogen-bond acceptors (Lipinski definition) is 1. The molecule has 1 atom stereocenters. The van der Waals surface area contributed by atoms with E-state index in [0.717, 1.165) is 23.3 Å². The van der Waals surface area contributed by atoms with Crippen molar-refractivity contribution in [2.24, 2.45) is 0 Å². The van der Waals surface area contributed by atoms with Crippen LogP contribution >= 0.6 is 34.8 Å². The highest BCUT2D eigenvalue weighted by Crippen LogP contribution is 2.22. The molecule has 0 amide bonds. The van der Waals surface area contributed by atoms with Crippen molar-refractivity contribution in [3.63, 3.8) is 0 Å². The summed E-state index contributed by atoms with van der Waals surface area (Å²) in [6, 6.07) is 17.1. The van der Waals surface area contributed by atoms with Gasteiger partial charge in [-0.05, 0) is 70.9 Å². The van der Waals surface area contributed by atoms with Crippen LogP contribution in [-0.2, 0) is 6.54 Å². The van der Waals surface area contributed by atoms with Crippen molar-refractivity contribution in [3.05, 3.63) is 62.4 Å². The van der Waals surface area contributed by atoms with Gasteiger partial charge in [0.25, 0.3) is 0 Å². The summed E-state index contributed by atoms with van der Waals surface area (Å²) in [6.07, 6.45) is 1.08. The number of nitrogens with zero attached hydrogens (tertiary/aromatic N) is 1. The maximum absolute atomic E-state index is 5.47. The summed E-state index contributed by atoms with van der Waals surface area (Å²) >= 11 is 7.80. The van der Waals surface area contributed by atoms with Crippen LogP contribution in [0.5, 0.6) is 0 Å². The van der Waals surface area contributed by atoms with E-state index >= 15 is 0 Å². The zero-order chi connectivity index (χ0) is 14.8. The number of H-pyrrole nitrogens is 1. The van der Waals surface area contributed by atoms with Gasteiger partial charge in [0, 0.05) is 10.1 Å². The molecule has 1 heterocycles. The Kier molecular flexibility index (Phi) is 4.45. The molecule has 0 saturated carbocycles. The standard InChI is InChI=1S/C17H17IN2S/c1-12(13-5-3-2-4-6-13)9-10-20-16-8-7-14(18)11-15(16)19-17(20)21/h2-8,11-12H,9-10H2,1H3,(H,19,21). The Morgan fingerprint density at radius 3 is 2.71 bits per heavy atom. The lowest BCUT2D eigenvalue weighted by atomic mass is 9.98. The van der Waals surface area contributed by atoms with Crippen LogP contribution in [-0.4, -0.2) is 9.55 Å². The van der Waals surface area contributed by atoms with Crippen LogP contribution in [0.25, 0.3) is 11.0 Å². The van der Waals surface area contributed by atoms with Gasteiger partial charge in [-0.3, -0.25) is 0 Å². The Morgan fingerprint density at radius 1 is 1.19 bits per heavy atom. The average molecular weight is 408 g/mol. The molecule has 1 N–H and O–H groups in total. The van der Waals surface area contributed by atoms with Crippen molar-refractivity contribution in [1.82, 2.24) is 9.55 Å². The predicted octanol–water partition coefficient (Wildman–Crippen LogP) is 5.50. The fourth-order valence-electron chi connectivity index (χ4n) is 2.63. The van der Waals surface area contributed by atoms with Gasteiger partial charge in [0.1, 0.15) is 0 Å². The van der Waals surface area contributed by atoms with E-state index in [1.165, 1.54) is 14.7 Å². The largest absolute Gasteiger partial charge is 0.331 e. The molecular weight excluding hydrogens is 391 g/mol. The van der Waals surface area contributed by atoms with Gasteiger partial charge in [0.15, 0.2) is 4.77 Å². The number of aromatic nitrogens is 2. The number of fused-ring (bicyclic) bond motifs is 1. The summed E-state index contributed by atoms with van der Waals surface area (Å²) in [5.41, 5.74) is 3.71. The zero-order valence-corrected chi connectivity index (χ0v) is 14.8. The van der Waals surface area contributed by atoms with Crippen molar-refractivity contribution in [2.45, 2.75) is 25.8 Å². The predicted molar refractivity (Wildman–Crippen MR) is 99.3 cm³/mol. The first-order chi connectivity index (χ1) is 10.1. The molecule has 1 aromatic heterocycles. The van der Waals surface area contributed by atoms with Crippen molar-refractivity contribution >= 4 is 45.8 Å². The van der Waals surface area contributed by atoms with E-state index in [9.17, 15) is 0 Å². The summed E-state index contributed by atoms with van der Waals surface area (Å²) in [5.74, 6) is 0.530. The van der Waals surface area contributed by atoms with Crippen LogP contribution in [0.15, 0.2) is 48.5 Å². The maximum atomic E-state index is 5.47. The second-order valence-electron chi connectivity index (χ2n) is 5.34. The van der Waals surface area contributed by atoms with Gasteiger partial charge in [-0.15, -0.1) is 0 Å². The van der Waals surface area contributed by atoms with Crippen molar-refractivity contribution in [3.8, 4) is 0 Å². The van der Waals surface area contributed by atoms with Crippen molar-refractivity contribution < 1.29 is 0 Å². The Balaban J connectivity index is 1.82. The first-order valence-corrected chi connectivity index (χ1v) is 8.57. The lowest BCUT2D eigenvalue weighted by Gasteiger charge is -2.12. The Bertz CT molecular complexity index is 805. The molecule has 0 fully saturated rings. The number of imidazole rings is 1. The first kappa shape index (κ1) is 14.8. The Hall–Kier alpha value is -1.14. The smallest absolute Gasteiger partial charge is 0.178 e. The molecule has 0 radical (unpaired) electrons. The molecule has 108 valence electrons. The molecule has 0 aliphatic rings. The molecule has 0 aliphatic heterocycles. The molecule has 1 unspecified atom stereocenters. The van der Waals surface area contributed by atoms with Crippen LogP contribution in [0, 0.1) is 8.34 Å². The van der Waals surface area contributed by atoms with Crippen LogP contribution in [0.1, 0.15) is 24.8 Å². The van der Waals surface area contributed by atoms with Gasteiger partial charge in [-0.1, -0.05) is 37.3 Å². The molecule has 2 aromatic carbocycles. The van der Waals surface area contributed by atoms with E-state index in [1.807, 2.05) is 0 Å². The highest BCUT2D eigenvalue weighted by Gasteiger charge is 2.08. The fraction of sp³-hybridized carbons (Fsp3) is 0.235. The van der Waals surface area contributed by atoms with Crippen molar-refractivity contribution in [1.29, 1.82) is 0 Å².